The second-order valence-corrected chi connectivity index (χ2v) is 5.19. The quantitative estimate of drug-likeness (QED) is 0.614. The molecule has 1 aromatic heterocycles. The van der Waals surface area contributed by atoms with Crippen molar-refractivity contribution in [3.8, 4) is 0 Å². The lowest BCUT2D eigenvalue weighted by molar-refractivity contribution is -0.142. The highest BCUT2D eigenvalue weighted by atomic mass is 32.2. The van der Waals surface area contributed by atoms with E-state index >= 15 is 0 Å². The normalized spacial score (nSPS) is 12.4. The van der Waals surface area contributed by atoms with Crippen LogP contribution in [0.3, 0.4) is 0 Å². The van der Waals surface area contributed by atoms with Crippen molar-refractivity contribution in [1.29, 1.82) is 0 Å². The number of carbonyl (C=O) groups is 1. The van der Waals surface area contributed by atoms with Gasteiger partial charge in [0.15, 0.2) is 0 Å². The molecule has 2 N–H and O–H groups in total. The van der Waals surface area contributed by atoms with E-state index in [1.165, 1.54) is 12.0 Å². The van der Waals surface area contributed by atoms with E-state index in [4.69, 9.17) is 5.73 Å². The van der Waals surface area contributed by atoms with Crippen LogP contribution in [0.15, 0.2) is 17.5 Å². The monoisotopic (exact) mass is 245 g/mol. The molecule has 0 bridgehead atoms. The van der Waals surface area contributed by atoms with E-state index in [-0.39, 0.29) is 5.97 Å². The van der Waals surface area contributed by atoms with Crippen LogP contribution < -0.4 is 5.73 Å². The third-order valence-electron chi connectivity index (χ3n) is 1.90. The molecule has 0 radical (unpaired) electrons. The van der Waals surface area contributed by atoms with E-state index in [1.807, 2.05) is 6.07 Å². The average molecular weight is 245 g/mol. The largest absolute Gasteiger partial charge is 0.468 e. The van der Waals surface area contributed by atoms with Crippen molar-refractivity contribution >= 4 is 29.1 Å². The zero-order chi connectivity index (χ0) is 11.1. The average Bonchev–Trinajstić information content (AvgIpc) is 2.75. The molecule has 1 unspecified atom stereocenters. The summed E-state index contributed by atoms with van der Waals surface area (Å²) in [5.74, 6) is 1.55. The van der Waals surface area contributed by atoms with Gasteiger partial charge >= 0.3 is 5.97 Å². The first kappa shape index (κ1) is 12.5. The molecular formula is C10H15NO2S2. The van der Waals surface area contributed by atoms with Gasteiger partial charge in [-0.05, 0) is 23.6 Å². The van der Waals surface area contributed by atoms with Gasteiger partial charge in [0, 0.05) is 10.6 Å². The highest BCUT2D eigenvalue weighted by Gasteiger charge is 2.12. The molecule has 0 fully saturated rings. The van der Waals surface area contributed by atoms with Crippen molar-refractivity contribution in [2.45, 2.75) is 18.2 Å². The zero-order valence-electron chi connectivity index (χ0n) is 8.64. The predicted molar refractivity (Wildman–Crippen MR) is 65.1 cm³/mol. The minimum atomic E-state index is -0.481. The lowest BCUT2D eigenvalue weighted by Crippen LogP contribution is -2.31. The van der Waals surface area contributed by atoms with E-state index in [9.17, 15) is 4.79 Å². The van der Waals surface area contributed by atoms with E-state index in [0.29, 0.717) is 6.42 Å². The number of nitrogens with two attached hydrogens (primary N) is 1. The maximum absolute atomic E-state index is 11.0. The first-order chi connectivity index (χ1) is 7.24. The topological polar surface area (TPSA) is 52.3 Å². The van der Waals surface area contributed by atoms with Gasteiger partial charge in [-0.15, -0.1) is 11.3 Å². The number of thioether (sulfide) groups is 1. The molecule has 1 heterocycles. The van der Waals surface area contributed by atoms with Gasteiger partial charge in [-0.1, -0.05) is 6.07 Å². The number of carbonyl (C=O) groups excluding carboxylic acids is 1. The fraction of sp³-hybridized carbons (Fsp3) is 0.500. The van der Waals surface area contributed by atoms with Crippen LogP contribution in [0.25, 0.3) is 0 Å². The maximum Gasteiger partial charge on any atom is 0.322 e. The summed E-state index contributed by atoms with van der Waals surface area (Å²) >= 11 is 3.54. The van der Waals surface area contributed by atoms with Crippen LogP contribution in [0, 0.1) is 0 Å². The molecule has 1 aromatic rings. The molecule has 0 aromatic carbocycles. The molecule has 0 aliphatic heterocycles. The highest BCUT2D eigenvalue weighted by molar-refractivity contribution is 7.98. The summed E-state index contributed by atoms with van der Waals surface area (Å²) in [4.78, 5) is 12.3. The molecule has 15 heavy (non-hydrogen) atoms. The Hall–Kier alpha value is -0.520. The van der Waals surface area contributed by atoms with Crippen molar-refractivity contribution in [1.82, 2.24) is 0 Å². The minimum absolute atomic E-state index is 0.327. The van der Waals surface area contributed by atoms with Gasteiger partial charge in [-0.25, -0.2) is 0 Å². The Bertz CT molecular complexity index is 288. The molecule has 0 aliphatic carbocycles. The fourth-order valence-electron chi connectivity index (χ4n) is 1.05. The van der Waals surface area contributed by atoms with Gasteiger partial charge in [0.1, 0.15) is 6.04 Å². The zero-order valence-corrected chi connectivity index (χ0v) is 10.3. The number of thiophene rings is 1. The van der Waals surface area contributed by atoms with Gasteiger partial charge in [0.2, 0.25) is 0 Å². The molecule has 0 saturated heterocycles. The first-order valence-corrected chi connectivity index (χ1v) is 6.71. The second-order valence-electron chi connectivity index (χ2n) is 3.05. The van der Waals surface area contributed by atoms with E-state index in [2.05, 4.69) is 16.2 Å². The summed E-state index contributed by atoms with van der Waals surface area (Å²) in [6.45, 7) is 0. The number of methoxy groups -OCH3 is 1. The summed E-state index contributed by atoms with van der Waals surface area (Å²) in [5, 5.41) is 2.07. The van der Waals surface area contributed by atoms with Gasteiger partial charge in [0.05, 0.1) is 7.11 Å². The Labute approximate surface area is 98.0 Å². The van der Waals surface area contributed by atoms with Crippen LogP contribution in [0.2, 0.25) is 0 Å². The first-order valence-electron chi connectivity index (χ1n) is 4.67. The third-order valence-corrected chi connectivity index (χ3v) is 4.00. The predicted octanol–water partition coefficient (Wildman–Crippen LogP) is 1.87. The van der Waals surface area contributed by atoms with Crippen LogP contribution in [0.1, 0.15) is 11.3 Å². The molecular weight excluding hydrogens is 230 g/mol. The van der Waals surface area contributed by atoms with Crippen LogP contribution in [-0.4, -0.2) is 24.9 Å². The molecule has 0 aliphatic rings. The molecule has 5 heteroatoms. The Morgan fingerprint density at radius 3 is 3.13 bits per heavy atom. The van der Waals surface area contributed by atoms with Crippen LogP contribution in [0.4, 0.5) is 0 Å². The molecule has 0 amide bonds. The van der Waals surface area contributed by atoms with Crippen molar-refractivity contribution in [3.63, 3.8) is 0 Å². The molecule has 1 rings (SSSR count). The summed E-state index contributed by atoms with van der Waals surface area (Å²) in [6.07, 6.45) is 0.669. The van der Waals surface area contributed by atoms with E-state index in [1.54, 1.807) is 23.1 Å². The third kappa shape index (κ3) is 4.68. The van der Waals surface area contributed by atoms with E-state index < -0.39 is 6.04 Å². The molecule has 0 saturated carbocycles. The molecule has 84 valence electrons. The van der Waals surface area contributed by atoms with Crippen molar-refractivity contribution < 1.29 is 9.53 Å². The minimum Gasteiger partial charge on any atom is -0.468 e. The lowest BCUT2D eigenvalue weighted by atomic mass is 10.2. The van der Waals surface area contributed by atoms with Crippen LogP contribution in [-0.2, 0) is 15.3 Å². The van der Waals surface area contributed by atoms with Crippen LogP contribution >= 0.6 is 23.1 Å². The fourth-order valence-corrected chi connectivity index (χ4v) is 2.92. The molecule has 3 nitrogen and oxygen atoms in total. The van der Waals surface area contributed by atoms with Crippen molar-refractivity contribution in [2.75, 3.05) is 12.9 Å². The summed E-state index contributed by atoms with van der Waals surface area (Å²) in [6, 6.07) is 3.67. The summed E-state index contributed by atoms with van der Waals surface area (Å²) < 4.78 is 4.54. The standard InChI is InChI=1S/C10H15NO2S2/c1-13-10(12)9(11)4-6-14-7-8-3-2-5-15-8/h2-3,5,9H,4,6-7,11H2,1H3. The number of hydrogen-bond acceptors (Lipinski definition) is 5. The SMILES string of the molecule is COC(=O)C(N)CCSCc1cccs1. The van der Waals surface area contributed by atoms with Crippen LogP contribution in [0.5, 0.6) is 0 Å². The number of rotatable bonds is 6. The Kier molecular flexibility index (Phi) is 5.75. The smallest absolute Gasteiger partial charge is 0.322 e. The Morgan fingerprint density at radius 2 is 2.53 bits per heavy atom. The summed E-state index contributed by atoms with van der Waals surface area (Å²) in [7, 11) is 1.36. The van der Waals surface area contributed by atoms with E-state index in [0.717, 1.165) is 11.5 Å². The number of ether oxygens (including phenoxy) is 1. The summed E-state index contributed by atoms with van der Waals surface area (Å²) in [5.41, 5.74) is 5.60. The lowest BCUT2D eigenvalue weighted by Gasteiger charge is -2.07. The second kappa shape index (κ2) is 6.87. The maximum atomic E-state index is 11.0. The molecule has 0 spiro atoms. The molecule has 1 atom stereocenters. The van der Waals surface area contributed by atoms with Crippen molar-refractivity contribution in [3.05, 3.63) is 22.4 Å². The Balaban J connectivity index is 2.09. The van der Waals surface area contributed by atoms with Gasteiger partial charge in [-0.3, -0.25) is 4.79 Å². The highest BCUT2D eigenvalue weighted by Crippen LogP contribution is 2.17. The van der Waals surface area contributed by atoms with Crippen molar-refractivity contribution in [2.24, 2.45) is 5.73 Å². The number of hydrogen-bond donors (Lipinski definition) is 1. The number of esters is 1. The van der Waals surface area contributed by atoms with Gasteiger partial charge in [-0.2, -0.15) is 11.8 Å². The van der Waals surface area contributed by atoms with Gasteiger partial charge in [0.25, 0.3) is 0 Å². The van der Waals surface area contributed by atoms with Gasteiger partial charge < -0.3 is 10.5 Å². The Morgan fingerprint density at radius 1 is 1.73 bits per heavy atom.